The fraction of sp³-hybridized carbons (Fsp3) is 0.318. The predicted octanol–water partition coefficient (Wildman–Crippen LogP) is 2.72. The van der Waals surface area contributed by atoms with Crippen molar-refractivity contribution < 1.29 is 14.4 Å². The van der Waals surface area contributed by atoms with E-state index in [4.69, 9.17) is 0 Å². The summed E-state index contributed by atoms with van der Waals surface area (Å²) in [5, 5.41) is 8.56. The van der Waals surface area contributed by atoms with Gasteiger partial charge in [0.15, 0.2) is 0 Å². The molecule has 0 radical (unpaired) electrons. The highest BCUT2D eigenvalue weighted by Gasteiger charge is 2.19. The summed E-state index contributed by atoms with van der Waals surface area (Å²) in [5.41, 5.74) is 2.60. The number of carbonyl (C=O) groups excluding carboxylic acids is 3. The third-order valence-electron chi connectivity index (χ3n) is 4.75. The second kappa shape index (κ2) is 9.73. The van der Waals surface area contributed by atoms with E-state index in [9.17, 15) is 14.4 Å². The van der Waals surface area contributed by atoms with Gasteiger partial charge < -0.3 is 20.9 Å². The molecule has 2 aromatic carbocycles. The zero-order chi connectivity index (χ0) is 20.6. The topological polar surface area (TPSA) is 90.5 Å². The minimum absolute atomic E-state index is 0.0582. The number of amides is 3. The van der Waals surface area contributed by atoms with Gasteiger partial charge in [0.2, 0.25) is 5.91 Å². The van der Waals surface area contributed by atoms with Crippen molar-refractivity contribution in [1.82, 2.24) is 10.2 Å². The Hall–Kier alpha value is -3.35. The SMILES string of the molecule is CCNC(=O)c1ccc(NC(=O)CNc2ccc(C(=O)N3CCCC3)cc2)cc1. The number of hydrogen-bond acceptors (Lipinski definition) is 4. The van der Waals surface area contributed by atoms with Crippen LogP contribution < -0.4 is 16.0 Å². The maximum absolute atomic E-state index is 12.3. The lowest BCUT2D eigenvalue weighted by molar-refractivity contribution is -0.114. The van der Waals surface area contributed by atoms with Crippen LogP contribution in [0.25, 0.3) is 0 Å². The van der Waals surface area contributed by atoms with Gasteiger partial charge in [-0.2, -0.15) is 0 Å². The van der Waals surface area contributed by atoms with Crippen molar-refractivity contribution >= 4 is 29.1 Å². The Balaban J connectivity index is 1.47. The molecule has 1 aliphatic rings. The van der Waals surface area contributed by atoms with Gasteiger partial charge in [-0.1, -0.05) is 0 Å². The van der Waals surface area contributed by atoms with Gasteiger partial charge in [0.05, 0.1) is 6.54 Å². The summed E-state index contributed by atoms with van der Waals surface area (Å²) in [6.07, 6.45) is 2.13. The second-order valence-electron chi connectivity index (χ2n) is 6.92. The summed E-state index contributed by atoms with van der Waals surface area (Å²) >= 11 is 0. The van der Waals surface area contributed by atoms with Gasteiger partial charge in [0.25, 0.3) is 11.8 Å². The molecule has 0 unspecified atom stereocenters. The summed E-state index contributed by atoms with van der Waals surface area (Å²) in [4.78, 5) is 38.1. The quantitative estimate of drug-likeness (QED) is 0.674. The monoisotopic (exact) mass is 394 g/mol. The highest BCUT2D eigenvalue weighted by atomic mass is 16.2. The van der Waals surface area contributed by atoms with Gasteiger partial charge in [-0.15, -0.1) is 0 Å². The molecule has 29 heavy (non-hydrogen) atoms. The van der Waals surface area contributed by atoms with Crippen molar-refractivity contribution in [2.75, 3.05) is 36.8 Å². The number of hydrogen-bond donors (Lipinski definition) is 3. The largest absolute Gasteiger partial charge is 0.376 e. The van der Waals surface area contributed by atoms with Crippen LogP contribution in [0.2, 0.25) is 0 Å². The summed E-state index contributed by atoms with van der Waals surface area (Å²) in [6.45, 7) is 4.17. The molecular formula is C22H26N4O3. The first-order chi connectivity index (χ1) is 14.1. The molecule has 0 spiro atoms. The molecule has 0 aromatic heterocycles. The Morgan fingerprint density at radius 1 is 0.862 bits per heavy atom. The molecule has 0 bridgehead atoms. The summed E-state index contributed by atoms with van der Waals surface area (Å²) in [6, 6.07) is 13.9. The summed E-state index contributed by atoms with van der Waals surface area (Å²) in [5.74, 6) is -0.283. The normalized spacial score (nSPS) is 13.1. The van der Waals surface area contributed by atoms with E-state index in [1.54, 1.807) is 48.5 Å². The predicted molar refractivity (Wildman–Crippen MR) is 113 cm³/mol. The van der Waals surface area contributed by atoms with Gasteiger partial charge >= 0.3 is 0 Å². The fourth-order valence-electron chi connectivity index (χ4n) is 3.19. The Labute approximate surface area is 170 Å². The minimum atomic E-state index is -0.201. The molecule has 0 saturated carbocycles. The number of benzene rings is 2. The van der Waals surface area contributed by atoms with Gasteiger partial charge in [-0.05, 0) is 68.3 Å². The van der Waals surface area contributed by atoms with Gasteiger partial charge in [0, 0.05) is 42.1 Å². The molecule has 3 rings (SSSR count). The van der Waals surface area contributed by atoms with Crippen molar-refractivity contribution in [3.05, 3.63) is 59.7 Å². The molecule has 1 fully saturated rings. The fourth-order valence-corrected chi connectivity index (χ4v) is 3.19. The van der Waals surface area contributed by atoms with Crippen molar-refractivity contribution in [3.8, 4) is 0 Å². The highest BCUT2D eigenvalue weighted by molar-refractivity contribution is 5.97. The number of nitrogens with zero attached hydrogens (tertiary/aromatic N) is 1. The maximum atomic E-state index is 12.3. The average Bonchev–Trinajstić information content (AvgIpc) is 3.28. The lowest BCUT2D eigenvalue weighted by Gasteiger charge is -2.15. The van der Waals surface area contributed by atoms with Gasteiger partial charge in [-0.3, -0.25) is 14.4 Å². The van der Waals surface area contributed by atoms with Crippen LogP contribution in [0.3, 0.4) is 0 Å². The van der Waals surface area contributed by atoms with E-state index in [0.29, 0.717) is 23.4 Å². The van der Waals surface area contributed by atoms with Crippen LogP contribution in [0, 0.1) is 0 Å². The Bertz CT molecular complexity index is 857. The van der Waals surface area contributed by atoms with Gasteiger partial charge in [0.1, 0.15) is 0 Å². The first kappa shape index (κ1) is 20.4. The number of anilines is 2. The zero-order valence-corrected chi connectivity index (χ0v) is 16.5. The number of nitrogens with one attached hydrogen (secondary N) is 3. The van der Waals surface area contributed by atoms with E-state index in [2.05, 4.69) is 16.0 Å². The summed E-state index contributed by atoms with van der Waals surface area (Å²) < 4.78 is 0. The maximum Gasteiger partial charge on any atom is 0.253 e. The molecule has 1 saturated heterocycles. The molecule has 7 nitrogen and oxygen atoms in total. The summed E-state index contributed by atoms with van der Waals surface area (Å²) in [7, 11) is 0. The van der Waals surface area contributed by atoms with Crippen LogP contribution in [0.1, 0.15) is 40.5 Å². The Morgan fingerprint density at radius 2 is 1.45 bits per heavy atom. The molecule has 3 N–H and O–H groups in total. The molecule has 2 aromatic rings. The van der Waals surface area contributed by atoms with Crippen LogP contribution in [-0.2, 0) is 4.79 Å². The molecule has 0 atom stereocenters. The van der Waals surface area contributed by atoms with Crippen LogP contribution in [0.5, 0.6) is 0 Å². The Kier molecular flexibility index (Phi) is 6.84. The third kappa shape index (κ3) is 5.57. The van der Waals surface area contributed by atoms with Crippen molar-refractivity contribution in [2.45, 2.75) is 19.8 Å². The van der Waals surface area contributed by atoms with Crippen LogP contribution in [-0.4, -0.2) is 48.8 Å². The van der Waals surface area contributed by atoms with E-state index >= 15 is 0 Å². The van der Waals surface area contributed by atoms with Crippen molar-refractivity contribution in [2.24, 2.45) is 0 Å². The van der Waals surface area contributed by atoms with Crippen molar-refractivity contribution in [3.63, 3.8) is 0 Å². The lowest BCUT2D eigenvalue weighted by Crippen LogP contribution is -2.27. The van der Waals surface area contributed by atoms with E-state index in [0.717, 1.165) is 31.6 Å². The molecular weight excluding hydrogens is 368 g/mol. The number of rotatable bonds is 7. The molecule has 7 heteroatoms. The van der Waals surface area contributed by atoms with Crippen LogP contribution >= 0.6 is 0 Å². The molecule has 1 aliphatic heterocycles. The highest BCUT2D eigenvalue weighted by Crippen LogP contribution is 2.15. The van der Waals surface area contributed by atoms with Crippen molar-refractivity contribution in [1.29, 1.82) is 0 Å². The first-order valence-electron chi connectivity index (χ1n) is 9.88. The number of likely N-dealkylation sites (tertiary alicyclic amines) is 1. The van der Waals surface area contributed by atoms with Crippen LogP contribution in [0.15, 0.2) is 48.5 Å². The molecule has 0 aliphatic carbocycles. The molecule has 3 amide bonds. The van der Waals surface area contributed by atoms with E-state index in [1.165, 1.54) is 0 Å². The molecule has 1 heterocycles. The molecule has 152 valence electrons. The van der Waals surface area contributed by atoms with E-state index in [-0.39, 0.29) is 24.3 Å². The average molecular weight is 394 g/mol. The van der Waals surface area contributed by atoms with E-state index < -0.39 is 0 Å². The number of carbonyl (C=O) groups is 3. The van der Waals surface area contributed by atoms with Gasteiger partial charge in [-0.25, -0.2) is 0 Å². The smallest absolute Gasteiger partial charge is 0.253 e. The zero-order valence-electron chi connectivity index (χ0n) is 16.5. The first-order valence-corrected chi connectivity index (χ1v) is 9.88. The minimum Gasteiger partial charge on any atom is -0.376 e. The third-order valence-corrected chi connectivity index (χ3v) is 4.75. The second-order valence-corrected chi connectivity index (χ2v) is 6.92. The van der Waals surface area contributed by atoms with E-state index in [1.807, 2.05) is 11.8 Å². The van der Waals surface area contributed by atoms with Crippen LogP contribution in [0.4, 0.5) is 11.4 Å². The standard InChI is InChI=1S/C22H26N4O3/c1-2-23-21(28)16-5-11-19(12-6-16)25-20(27)15-24-18-9-7-17(8-10-18)22(29)26-13-3-4-14-26/h5-12,24H,2-4,13-15H2,1H3,(H,23,28)(H,25,27). The Morgan fingerprint density at radius 3 is 2.07 bits per heavy atom. The lowest BCUT2D eigenvalue weighted by atomic mass is 10.2.